The van der Waals surface area contributed by atoms with Crippen molar-refractivity contribution in [3.8, 4) is 0 Å². The topological polar surface area (TPSA) is 66.5 Å². The lowest BCUT2D eigenvalue weighted by Crippen LogP contribution is -2.47. The van der Waals surface area contributed by atoms with Gasteiger partial charge in [0, 0.05) is 13.5 Å². The number of rotatable bonds is 3. The minimum absolute atomic E-state index is 0.205. The number of amides is 1. The average molecular weight is 344 g/mol. The van der Waals surface area contributed by atoms with Crippen LogP contribution in [0.5, 0.6) is 0 Å². The van der Waals surface area contributed by atoms with E-state index < -0.39 is 16.1 Å². The van der Waals surface area contributed by atoms with Gasteiger partial charge in [0.25, 0.3) is 10.0 Å². The third-order valence-electron chi connectivity index (χ3n) is 4.51. The molecule has 0 radical (unpaired) electrons. The number of carbonyl (C=O) groups excluding carboxylic acids is 1. The van der Waals surface area contributed by atoms with Gasteiger partial charge in [-0.25, -0.2) is 8.42 Å². The summed E-state index contributed by atoms with van der Waals surface area (Å²) in [6, 6.07) is 11.5. The van der Waals surface area contributed by atoms with Crippen molar-refractivity contribution in [1.82, 2.24) is 5.32 Å². The molecule has 0 saturated heterocycles. The zero-order valence-electron chi connectivity index (χ0n) is 13.9. The van der Waals surface area contributed by atoms with Crippen LogP contribution in [-0.4, -0.2) is 27.4 Å². The molecular weight excluding hydrogens is 324 g/mol. The van der Waals surface area contributed by atoms with E-state index in [2.05, 4.69) is 5.32 Å². The molecule has 2 aromatic rings. The van der Waals surface area contributed by atoms with Crippen LogP contribution in [0.25, 0.3) is 0 Å². The lowest BCUT2D eigenvalue weighted by molar-refractivity contribution is -0.121. The molecule has 1 aliphatic heterocycles. The molecule has 5 nitrogen and oxygen atoms in total. The van der Waals surface area contributed by atoms with Gasteiger partial charge >= 0.3 is 0 Å². The molecule has 0 saturated carbocycles. The summed E-state index contributed by atoms with van der Waals surface area (Å²) in [5.74, 6) is -0.307. The summed E-state index contributed by atoms with van der Waals surface area (Å²) < 4.78 is 27.7. The SMILES string of the molecule is CNC(=O)C1Cc2ccccc2N1S(=O)(=O)c1ccc(C)c(C)c1. The van der Waals surface area contributed by atoms with Crippen LogP contribution in [-0.2, 0) is 21.2 Å². The van der Waals surface area contributed by atoms with Crippen molar-refractivity contribution in [1.29, 1.82) is 0 Å². The molecule has 0 fully saturated rings. The third-order valence-corrected chi connectivity index (χ3v) is 6.33. The van der Waals surface area contributed by atoms with E-state index in [-0.39, 0.29) is 10.8 Å². The Morgan fingerprint density at radius 3 is 2.50 bits per heavy atom. The quantitative estimate of drug-likeness (QED) is 0.928. The number of hydrogen-bond donors (Lipinski definition) is 1. The lowest BCUT2D eigenvalue weighted by Gasteiger charge is -2.26. The Bertz CT molecular complexity index is 906. The number of aryl methyl sites for hydroxylation is 2. The number of fused-ring (bicyclic) bond motifs is 1. The van der Waals surface area contributed by atoms with E-state index in [1.54, 1.807) is 30.3 Å². The Kier molecular flexibility index (Phi) is 4.09. The maximum absolute atomic E-state index is 13.2. The van der Waals surface area contributed by atoms with Crippen LogP contribution in [0.2, 0.25) is 0 Å². The fourth-order valence-electron chi connectivity index (χ4n) is 3.01. The smallest absolute Gasteiger partial charge is 0.265 e. The van der Waals surface area contributed by atoms with E-state index >= 15 is 0 Å². The predicted molar refractivity (Wildman–Crippen MR) is 93.6 cm³/mol. The molecule has 1 aliphatic rings. The van der Waals surface area contributed by atoms with Gasteiger partial charge in [-0.1, -0.05) is 24.3 Å². The number of likely N-dealkylation sites (N-methyl/N-ethyl adjacent to an activating group) is 1. The predicted octanol–water partition coefficient (Wildman–Crippen LogP) is 2.17. The summed E-state index contributed by atoms with van der Waals surface area (Å²) in [4.78, 5) is 12.5. The molecule has 6 heteroatoms. The second-order valence-electron chi connectivity index (χ2n) is 6.01. The highest BCUT2D eigenvalue weighted by Crippen LogP contribution is 2.37. The average Bonchev–Trinajstić information content (AvgIpc) is 2.96. The Hall–Kier alpha value is -2.34. The molecule has 3 rings (SSSR count). The van der Waals surface area contributed by atoms with Crippen LogP contribution in [0.3, 0.4) is 0 Å². The van der Waals surface area contributed by atoms with Crippen molar-refractivity contribution < 1.29 is 13.2 Å². The zero-order chi connectivity index (χ0) is 17.5. The first-order valence-corrected chi connectivity index (χ1v) is 9.21. The second kappa shape index (κ2) is 5.94. The number of anilines is 1. The molecule has 126 valence electrons. The normalized spacial score (nSPS) is 16.8. The number of hydrogen-bond acceptors (Lipinski definition) is 3. The van der Waals surface area contributed by atoms with E-state index in [1.165, 1.54) is 11.4 Å². The van der Waals surface area contributed by atoms with E-state index in [9.17, 15) is 13.2 Å². The molecule has 0 bridgehead atoms. The number of sulfonamides is 1. The molecule has 2 aromatic carbocycles. The first-order chi connectivity index (χ1) is 11.4. The number of nitrogens with one attached hydrogen (secondary N) is 1. The molecule has 1 amide bonds. The first kappa shape index (κ1) is 16.5. The molecule has 1 atom stereocenters. The zero-order valence-corrected chi connectivity index (χ0v) is 14.7. The van der Waals surface area contributed by atoms with Crippen molar-refractivity contribution in [2.75, 3.05) is 11.4 Å². The van der Waals surface area contributed by atoms with Gasteiger partial charge in [-0.3, -0.25) is 9.10 Å². The highest BCUT2D eigenvalue weighted by Gasteiger charge is 2.41. The minimum atomic E-state index is -3.82. The summed E-state index contributed by atoms with van der Waals surface area (Å²) in [7, 11) is -2.30. The highest BCUT2D eigenvalue weighted by molar-refractivity contribution is 7.93. The summed E-state index contributed by atoms with van der Waals surface area (Å²) in [6.07, 6.45) is 0.375. The Morgan fingerprint density at radius 1 is 1.12 bits per heavy atom. The van der Waals surface area contributed by atoms with Gasteiger partial charge in [-0.05, 0) is 48.7 Å². The molecule has 1 heterocycles. The van der Waals surface area contributed by atoms with Gasteiger partial charge in [0.15, 0.2) is 0 Å². The highest BCUT2D eigenvalue weighted by atomic mass is 32.2. The summed E-state index contributed by atoms with van der Waals surface area (Å²) in [5, 5.41) is 2.57. The number of carbonyl (C=O) groups is 1. The van der Waals surface area contributed by atoms with Crippen LogP contribution in [0.15, 0.2) is 47.4 Å². The molecular formula is C18H20N2O3S. The fourth-order valence-corrected chi connectivity index (χ4v) is 4.74. The monoisotopic (exact) mass is 344 g/mol. The Morgan fingerprint density at radius 2 is 1.83 bits per heavy atom. The van der Waals surface area contributed by atoms with Gasteiger partial charge in [-0.15, -0.1) is 0 Å². The minimum Gasteiger partial charge on any atom is -0.357 e. The maximum Gasteiger partial charge on any atom is 0.265 e. The third kappa shape index (κ3) is 2.57. The van der Waals surface area contributed by atoms with Gasteiger partial charge in [0.1, 0.15) is 6.04 Å². The largest absolute Gasteiger partial charge is 0.357 e. The summed E-state index contributed by atoms with van der Waals surface area (Å²) in [6.45, 7) is 3.81. The van der Waals surface area contributed by atoms with E-state index in [0.717, 1.165) is 16.7 Å². The molecule has 0 aromatic heterocycles. The van der Waals surface area contributed by atoms with E-state index in [4.69, 9.17) is 0 Å². The van der Waals surface area contributed by atoms with E-state index in [0.29, 0.717) is 12.1 Å². The van der Waals surface area contributed by atoms with E-state index in [1.807, 2.05) is 26.0 Å². The lowest BCUT2D eigenvalue weighted by atomic mass is 10.1. The van der Waals surface area contributed by atoms with Crippen molar-refractivity contribution in [3.05, 3.63) is 59.2 Å². The van der Waals surface area contributed by atoms with Crippen molar-refractivity contribution in [2.24, 2.45) is 0 Å². The van der Waals surface area contributed by atoms with Crippen LogP contribution >= 0.6 is 0 Å². The van der Waals surface area contributed by atoms with Gasteiger partial charge < -0.3 is 5.32 Å². The number of nitrogens with zero attached hydrogens (tertiary/aromatic N) is 1. The van der Waals surface area contributed by atoms with Gasteiger partial charge in [0.2, 0.25) is 5.91 Å². The summed E-state index contributed by atoms with van der Waals surface area (Å²) in [5.41, 5.74) is 3.36. The second-order valence-corrected chi connectivity index (χ2v) is 7.82. The summed E-state index contributed by atoms with van der Waals surface area (Å²) >= 11 is 0. The first-order valence-electron chi connectivity index (χ1n) is 7.77. The number of benzene rings is 2. The molecule has 1 unspecified atom stereocenters. The van der Waals surface area contributed by atoms with Crippen molar-refractivity contribution in [2.45, 2.75) is 31.2 Å². The number of para-hydroxylation sites is 1. The van der Waals surface area contributed by atoms with Gasteiger partial charge in [0.05, 0.1) is 10.6 Å². The molecule has 0 aliphatic carbocycles. The van der Waals surface area contributed by atoms with Gasteiger partial charge in [-0.2, -0.15) is 0 Å². The van der Waals surface area contributed by atoms with Crippen LogP contribution in [0, 0.1) is 13.8 Å². The Balaban J connectivity index is 2.15. The van der Waals surface area contributed by atoms with Crippen LogP contribution < -0.4 is 9.62 Å². The van der Waals surface area contributed by atoms with Crippen LogP contribution in [0.1, 0.15) is 16.7 Å². The maximum atomic E-state index is 13.2. The Labute approximate surface area is 142 Å². The van der Waals surface area contributed by atoms with Crippen LogP contribution in [0.4, 0.5) is 5.69 Å². The molecule has 24 heavy (non-hydrogen) atoms. The molecule has 0 spiro atoms. The fraction of sp³-hybridized carbons (Fsp3) is 0.278. The molecule has 1 N–H and O–H groups in total. The van der Waals surface area contributed by atoms with Crippen molar-refractivity contribution >= 4 is 21.6 Å². The standard InChI is InChI=1S/C18H20N2O3S/c1-12-8-9-15(10-13(12)2)24(22,23)20-16-7-5-4-6-14(16)11-17(20)18(21)19-3/h4-10,17H,11H2,1-3H3,(H,19,21). The van der Waals surface area contributed by atoms with Crippen molar-refractivity contribution in [3.63, 3.8) is 0 Å².